The van der Waals surface area contributed by atoms with Gasteiger partial charge < -0.3 is 10.1 Å². The molecule has 0 saturated carbocycles. The van der Waals surface area contributed by atoms with Crippen LogP contribution in [0.5, 0.6) is 0 Å². The molecule has 3 aromatic rings. The average Bonchev–Trinajstić information content (AvgIpc) is 3.06. The molecule has 6 heteroatoms. The number of rotatable bonds is 5. The maximum Gasteiger partial charge on any atom is 0.338 e. The molecule has 1 heterocycles. The van der Waals surface area contributed by atoms with Gasteiger partial charge in [-0.15, -0.1) is 11.3 Å². The summed E-state index contributed by atoms with van der Waals surface area (Å²) in [6.07, 6.45) is 0. The Balaban J connectivity index is 1.82. The zero-order valence-corrected chi connectivity index (χ0v) is 13.8. The van der Waals surface area contributed by atoms with E-state index in [4.69, 9.17) is 4.74 Å². The van der Waals surface area contributed by atoms with Gasteiger partial charge in [0.1, 0.15) is 5.82 Å². The normalized spacial score (nSPS) is 10.4. The first kappa shape index (κ1) is 16.1. The summed E-state index contributed by atoms with van der Waals surface area (Å²) in [5.74, 6) is -0.696. The van der Waals surface area contributed by atoms with Crippen LogP contribution in [0.4, 0.5) is 15.2 Å². The van der Waals surface area contributed by atoms with Crippen molar-refractivity contribution < 1.29 is 13.9 Å². The number of esters is 1. The van der Waals surface area contributed by atoms with Crippen molar-refractivity contribution in [3.05, 3.63) is 65.3 Å². The first-order valence-electron chi connectivity index (χ1n) is 7.42. The predicted molar refractivity (Wildman–Crippen MR) is 93.2 cm³/mol. The molecule has 0 radical (unpaired) electrons. The first-order valence-corrected chi connectivity index (χ1v) is 8.30. The van der Waals surface area contributed by atoms with E-state index >= 15 is 0 Å². The van der Waals surface area contributed by atoms with Gasteiger partial charge in [-0.25, -0.2) is 14.2 Å². The first-order chi connectivity index (χ1) is 11.7. The molecule has 4 nitrogen and oxygen atoms in total. The van der Waals surface area contributed by atoms with Gasteiger partial charge >= 0.3 is 5.97 Å². The maximum atomic E-state index is 13.7. The number of carbonyl (C=O) groups is 1. The molecular weight excluding hydrogens is 327 g/mol. The van der Waals surface area contributed by atoms with E-state index in [1.54, 1.807) is 43.3 Å². The Morgan fingerprint density at radius 3 is 2.88 bits per heavy atom. The van der Waals surface area contributed by atoms with Crippen molar-refractivity contribution in [3.63, 3.8) is 0 Å². The quantitative estimate of drug-likeness (QED) is 0.672. The lowest BCUT2D eigenvalue weighted by Crippen LogP contribution is -2.04. The average molecular weight is 342 g/mol. The lowest BCUT2D eigenvalue weighted by Gasteiger charge is -2.04. The van der Waals surface area contributed by atoms with Crippen LogP contribution in [0.3, 0.4) is 0 Å². The number of anilines is 2. The van der Waals surface area contributed by atoms with Gasteiger partial charge in [0.25, 0.3) is 0 Å². The van der Waals surface area contributed by atoms with Crippen LogP contribution in [0, 0.1) is 5.82 Å². The number of hydrogen-bond acceptors (Lipinski definition) is 5. The highest BCUT2D eigenvalue weighted by Crippen LogP contribution is 2.28. The van der Waals surface area contributed by atoms with Crippen molar-refractivity contribution in [3.8, 4) is 11.3 Å². The Bertz CT molecular complexity index is 863. The molecule has 122 valence electrons. The van der Waals surface area contributed by atoms with Gasteiger partial charge in [0.05, 0.1) is 23.6 Å². The van der Waals surface area contributed by atoms with E-state index in [-0.39, 0.29) is 11.8 Å². The predicted octanol–water partition coefficient (Wildman–Crippen LogP) is 4.87. The zero-order chi connectivity index (χ0) is 16.9. The van der Waals surface area contributed by atoms with E-state index in [1.807, 2.05) is 11.4 Å². The lowest BCUT2D eigenvalue weighted by atomic mass is 10.1. The van der Waals surface area contributed by atoms with Crippen molar-refractivity contribution in [1.82, 2.24) is 4.98 Å². The Labute approximate surface area is 142 Å². The number of ether oxygens (including phenoxy) is 1. The molecule has 1 aromatic heterocycles. The number of hydrogen-bond donors (Lipinski definition) is 1. The molecule has 0 fully saturated rings. The standard InChI is InChI=1S/C18H15FN2O2S/c1-2-23-17(22)13-7-5-6-12(10-13)16-11-24-18(21-16)20-15-9-4-3-8-14(15)19/h3-11H,2H2,1H3,(H,20,21). The van der Waals surface area contributed by atoms with Gasteiger partial charge in [0.15, 0.2) is 5.13 Å². The van der Waals surface area contributed by atoms with Gasteiger partial charge in [-0.3, -0.25) is 0 Å². The van der Waals surface area contributed by atoms with E-state index in [0.717, 1.165) is 5.56 Å². The van der Waals surface area contributed by atoms with Crippen molar-refractivity contribution in [2.45, 2.75) is 6.92 Å². The minimum atomic E-state index is -0.362. The van der Waals surface area contributed by atoms with Gasteiger partial charge in [-0.05, 0) is 31.2 Å². The van der Waals surface area contributed by atoms with Crippen LogP contribution >= 0.6 is 11.3 Å². The van der Waals surface area contributed by atoms with Gasteiger partial charge in [-0.1, -0.05) is 24.3 Å². The summed E-state index contributed by atoms with van der Waals surface area (Å²) in [7, 11) is 0. The molecule has 0 unspecified atom stereocenters. The maximum absolute atomic E-state index is 13.7. The molecular formula is C18H15FN2O2S. The summed E-state index contributed by atoms with van der Waals surface area (Å²) in [5, 5.41) is 5.40. The number of thiazole rings is 1. The summed E-state index contributed by atoms with van der Waals surface area (Å²) < 4.78 is 18.7. The molecule has 0 saturated heterocycles. The van der Waals surface area contributed by atoms with Gasteiger partial charge in [0, 0.05) is 10.9 Å². The highest BCUT2D eigenvalue weighted by Gasteiger charge is 2.11. The number of nitrogens with one attached hydrogen (secondary N) is 1. The summed E-state index contributed by atoms with van der Waals surface area (Å²) >= 11 is 1.37. The molecule has 0 aliphatic rings. The fourth-order valence-electron chi connectivity index (χ4n) is 2.16. The molecule has 0 bridgehead atoms. The molecule has 1 N–H and O–H groups in total. The van der Waals surface area contributed by atoms with E-state index in [1.165, 1.54) is 17.4 Å². The van der Waals surface area contributed by atoms with Crippen LogP contribution in [0.1, 0.15) is 17.3 Å². The SMILES string of the molecule is CCOC(=O)c1cccc(-c2csc(Nc3ccccc3F)n2)c1. The Morgan fingerprint density at radius 2 is 2.08 bits per heavy atom. The van der Waals surface area contributed by atoms with Crippen LogP contribution in [0.2, 0.25) is 0 Å². The number of nitrogens with zero attached hydrogens (tertiary/aromatic N) is 1. The van der Waals surface area contributed by atoms with Crippen LogP contribution in [-0.2, 0) is 4.74 Å². The van der Waals surface area contributed by atoms with E-state index in [2.05, 4.69) is 10.3 Å². The molecule has 0 amide bonds. The lowest BCUT2D eigenvalue weighted by molar-refractivity contribution is 0.0526. The van der Waals surface area contributed by atoms with E-state index in [9.17, 15) is 9.18 Å². The highest BCUT2D eigenvalue weighted by molar-refractivity contribution is 7.14. The van der Waals surface area contributed by atoms with Crippen molar-refractivity contribution in [2.24, 2.45) is 0 Å². The number of halogens is 1. The molecule has 2 aromatic carbocycles. The highest BCUT2D eigenvalue weighted by atomic mass is 32.1. The van der Waals surface area contributed by atoms with Crippen molar-refractivity contribution in [2.75, 3.05) is 11.9 Å². The summed E-state index contributed by atoms with van der Waals surface area (Å²) in [5.41, 5.74) is 2.37. The van der Waals surface area contributed by atoms with Gasteiger partial charge in [0.2, 0.25) is 0 Å². The number of benzene rings is 2. The van der Waals surface area contributed by atoms with Gasteiger partial charge in [-0.2, -0.15) is 0 Å². The van der Waals surface area contributed by atoms with Crippen LogP contribution in [0.15, 0.2) is 53.9 Å². The fraction of sp³-hybridized carbons (Fsp3) is 0.111. The Kier molecular flexibility index (Phi) is 4.86. The second-order valence-corrected chi connectivity index (χ2v) is 5.80. The van der Waals surface area contributed by atoms with Crippen LogP contribution in [0.25, 0.3) is 11.3 Å². The van der Waals surface area contributed by atoms with Crippen molar-refractivity contribution in [1.29, 1.82) is 0 Å². The Hall–Kier alpha value is -2.73. The third-order valence-electron chi connectivity index (χ3n) is 3.29. The topological polar surface area (TPSA) is 51.2 Å². The second kappa shape index (κ2) is 7.23. The third-order valence-corrected chi connectivity index (χ3v) is 4.05. The molecule has 0 atom stereocenters. The minimum Gasteiger partial charge on any atom is -0.462 e. The number of carbonyl (C=O) groups excluding carboxylic acids is 1. The minimum absolute atomic E-state index is 0.330. The van der Waals surface area contributed by atoms with E-state index in [0.29, 0.717) is 28.7 Å². The molecule has 0 aliphatic heterocycles. The van der Waals surface area contributed by atoms with E-state index < -0.39 is 0 Å². The molecule has 0 spiro atoms. The summed E-state index contributed by atoms with van der Waals surface area (Å²) in [6, 6.07) is 13.5. The number of aromatic nitrogens is 1. The zero-order valence-electron chi connectivity index (χ0n) is 13.0. The largest absolute Gasteiger partial charge is 0.462 e. The summed E-state index contributed by atoms with van der Waals surface area (Å²) in [4.78, 5) is 16.3. The Morgan fingerprint density at radius 1 is 1.25 bits per heavy atom. The number of para-hydroxylation sites is 1. The summed E-state index contributed by atoms with van der Waals surface area (Å²) in [6.45, 7) is 2.10. The van der Waals surface area contributed by atoms with Crippen molar-refractivity contribution >= 4 is 28.1 Å². The second-order valence-electron chi connectivity index (χ2n) is 4.94. The monoisotopic (exact) mass is 342 g/mol. The molecule has 0 aliphatic carbocycles. The third kappa shape index (κ3) is 3.60. The fourth-order valence-corrected chi connectivity index (χ4v) is 2.89. The smallest absolute Gasteiger partial charge is 0.338 e. The van der Waals surface area contributed by atoms with Crippen LogP contribution in [-0.4, -0.2) is 17.6 Å². The molecule has 3 rings (SSSR count). The van der Waals surface area contributed by atoms with Crippen LogP contribution < -0.4 is 5.32 Å². The molecule has 24 heavy (non-hydrogen) atoms.